The Hall–Kier alpha value is -1.88. The van der Waals surface area contributed by atoms with Crippen molar-refractivity contribution in [1.29, 1.82) is 0 Å². The molecule has 0 spiro atoms. The molecule has 0 aromatic heterocycles. The van der Waals surface area contributed by atoms with Crippen LogP contribution >= 0.6 is 0 Å². The Labute approximate surface area is 130 Å². The summed E-state index contributed by atoms with van der Waals surface area (Å²) in [6.45, 7) is 1.54. The maximum absolute atomic E-state index is 12.5. The minimum absolute atomic E-state index is 0.0165. The van der Waals surface area contributed by atoms with E-state index in [9.17, 15) is 14.7 Å². The van der Waals surface area contributed by atoms with Gasteiger partial charge in [0.05, 0.1) is 0 Å². The van der Waals surface area contributed by atoms with Gasteiger partial charge in [-0.05, 0) is 36.8 Å². The average Bonchev–Trinajstić information content (AvgIpc) is 2.57. The Kier molecular flexibility index (Phi) is 4.43. The van der Waals surface area contributed by atoms with Gasteiger partial charge < -0.3 is 14.9 Å². The van der Waals surface area contributed by atoms with E-state index in [1.807, 2.05) is 24.3 Å². The fraction of sp³-hybridized carbons (Fsp3) is 0.529. The monoisotopic (exact) mass is 302 g/mol. The Balaban J connectivity index is 1.72. The number of nitrogens with zero attached hydrogens (tertiary/aromatic N) is 2. The number of rotatable bonds is 3. The number of hydrogen-bond donors (Lipinski definition) is 1. The van der Waals surface area contributed by atoms with Crippen LogP contribution < -0.4 is 4.90 Å². The van der Waals surface area contributed by atoms with E-state index in [0.717, 1.165) is 37.1 Å². The average molecular weight is 302 g/mol. The third-order valence-electron chi connectivity index (χ3n) is 4.61. The minimum Gasteiger partial charge on any atom is -0.396 e. The van der Waals surface area contributed by atoms with Gasteiger partial charge in [-0.2, -0.15) is 0 Å². The van der Waals surface area contributed by atoms with Crippen LogP contribution in [0, 0.1) is 5.92 Å². The predicted octanol–water partition coefficient (Wildman–Crippen LogP) is 1.20. The maximum Gasteiger partial charge on any atom is 0.242 e. The van der Waals surface area contributed by atoms with Crippen LogP contribution in [0.25, 0.3) is 0 Å². The van der Waals surface area contributed by atoms with E-state index in [4.69, 9.17) is 0 Å². The second kappa shape index (κ2) is 6.48. The molecule has 1 atom stereocenters. The highest BCUT2D eigenvalue weighted by Crippen LogP contribution is 2.27. The van der Waals surface area contributed by atoms with Gasteiger partial charge in [-0.25, -0.2) is 0 Å². The molecule has 0 saturated carbocycles. The van der Waals surface area contributed by atoms with Crippen LogP contribution in [0.5, 0.6) is 0 Å². The summed E-state index contributed by atoms with van der Waals surface area (Å²) in [5.74, 6) is 0.160. The molecule has 3 rings (SSSR count). The first kappa shape index (κ1) is 15.0. The molecule has 1 saturated heterocycles. The normalized spacial score (nSPS) is 21.7. The summed E-state index contributed by atoms with van der Waals surface area (Å²) in [7, 11) is 0. The fourth-order valence-corrected chi connectivity index (χ4v) is 3.35. The zero-order valence-electron chi connectivity index (χ0n) is 12.7. The van der Waals surface area contributed by atoms with Crippen molar-refractivity contribution in [3.63, 3.8) is 0 Å². The molecule has 1 aromatic rings. The second-order valence-electron chi connectivity index (χ2n) is 6.14. The Morgan fingerprint density at radius 1 is 1.27 bits per heavy atom. The number of aliphatic hydroxyl groups is 1. The van der Waals surface area contributed by atoms with Crippen molar-refractivity contribution >= 4 is 17.5 Å². The highest BCUT2D eigenvalue weighted by molar-refractivity contribution is 6.01. The number of hydrogen-bond acceptors (Lipinski definition) is 3. The molecule has 5 nitrogen and oxygen atoms in total. The van der Waals surface area contributed by atoms with E-state index in [2.05, 4.69) is 0 Å². The number of anilines is 1. The summed E-state index contributed by atoms with van der Waals surface area (Å²) in [5, 5.41) is 9.28. The van der Waals surface area contributed by atoms with E-state index in [1.54, 1.807) is 9.80 Å². The van der Waals surface area contributed by atoms with Gasteiger partial charge >= 0.3 is 0 Å². The lowest BCUT2D eigenvalue weighted by Crippen LogP contribution is -2.48. The molecule has 2 aliphatic rings. The lowest BCUT2D eigenvalue weighted by molar-refractivity contribution is -0.133. The molecule has 0 bridgehead atoms. The summed E-state index contributed by atoms with van der Waals surface area (Å²) in [6.07, 6.45) is 3.09. The number of aliphatic hydroxyl groups excluding tert-OH is 1. The quantitative estimate of drug-likeness (QED) is 0.912. The van der Waals surface area contributed by atoms with Gasteiger partial charge in [0.25, 0.3) is 0 Å². The molecular weight excluding hydrogens is 280 g/mol. The number of carbonyl (C=O) groups excluding carboxylic acids is 2. The van der Waals surface area contributed by atoms with E-state index in [-0.39, 0.29) is 30.9 Å². The highest BCUT2D eigenvalue weighted by Gasteiger charge is 2.29. The van der Waals surface area contributed by atoms with Crippen molar-refractivity contribution < 1.29 is 14.7 Å². The summed E-state index contributed by atoms with van der Waals surface area (Å²) < 4.78 is 0. The Morgan fingerprint density at radius 2 is 2.09 bits per heavy atom. The van der Waals surface area contributed by atoms with Gasteiger partial charge in [0.2, 0.25) is 11.8 Å². The maximum atomic E-state index is 12.5. The summed E-state index contributed by atoms with van der Waals surface area (Å²) >= 11 is 0. The van der Waals surface area contributed by atoms with Crippen molar-refractivity contribution in [3.05, 3.63) is 29.8 Å². The van der Waals surface area contributed by atoms with Gasteiger partial charge in [0.15, 0.2) is 0 Å². The Morgan fingerprint density at radius 3 is 2.91 bits per heavy atom. The number of likely N-dealkylation sites (tertiary alicyclic amines) is 1. The second-order valence-corrected chi connectivity index (χ2v) is 6.14. The molecule has 118 valence electrons. The first-order chi connectivity index (χ1) is 10.7. The molecular formula is C17H22N2O3. The highest BCUT2D eigenvalue weighted by atomic mass is 16.3. The van der Waals surface area contributed by atoms with Gasteiger partial charge in [-0.3, -0.25) is 9.59 Å². The smallest absolute Gasteiger partial charge is 0.242 e. The van der Waals surface area contributed by atoms with Crippen molar-refractivity contribution in [2.75, 3.05) is 31.1 Å². The van der Waals surface area contributed by atoms with Crippen LogP contribution in [0.3, 0.4) is 0 Å². The molecule has 1 aromatic carbocycles. The number of carbonyl (C=O) groups is 2. The lowest BCUT2D eigenvalue weighted by Gasteiger charge is -2.35. The first-order valence-electron chi connectivity index (χ1n) is 7.96. The van der Waals surface area contributed by atoms with Gasteiger partial charge in [-0.15, -0.1) is 0 Å². The summed E-state index contributed by atoms with van der Waals surface area (Å²) in [6, 6.07) is 7.79. The van der Waals surface area contributed by atoms with Gasteiger partial charge in [0, 0.05) is 31.8 Å². The first-order valence-corrected chi connectivity index (χ1v) is 7.96. The molecule has 2 amide bonds. The summed E-state index contributed by atoms with van der Waals surface area (Å²) in [5.41, 5.74) is 1.99. The third kappa shape index (κ3) is 2.99. The molecule has 1 fully saturated rings. The molecule has 2 aliphatic heterocycles. The summed E-state index contributed by atoms with van der Waals surface area (Å²) in [4.78, 5) is 28.1. The SMILES string of the molecule is O=C(CN1C(=O)CCc2ccccc21)N1CCCC(CO)C1. The molecule has 1 unspecified atom stereocenters. The number of amides is 2. The number of fused-ring (bicyclic) bond motifs is 1. The molecule has 5 heteroatoms. The number of aryl methyl sites for hydroxylation is 1. The van der Waals surface area contributed by atoms with E-state index in [0.29, 0.717) is 13.0 Å². The van der Waals surface area contributed by atoms with Crippen molar-refractivity contribution in [2.45, 2.75) is 25.7 Å². The topological polar surface area (TPSA) is 60.9 Å². The lowest BCUT2D eigenvalue weighted by atomic mass is 9.98. The minimum atomic E-state index is -0.0248. The fourth-order valence-electron chi connectivity index (χ4n) is 3.35. The van der Waals surface area contributed by atoms with Gasteiger partial charge in [-0.1, -0.05) is 18.2 Å². The van der Waals surface area contributed by atoms with Crippen LogP contribution in [0.1, 0.15) is 24.8 Å². The van der Waals surface area contributed by atoms with Crippen LogP contribution in [0.4, 0.5) is 5.69 Å². The molecule has 0 aliphatic carbocycles. The van der Waals surface area contributed by atoms with Crippen LogP contribution in [-0.2, 0) is 16.0 Å². The Bertz CT molecular complexity index is 573. The van der Waals surface area contributed by atoms with Crippen LogP contribution in [0.2, 0.25) is 0 Å². The number of benzene rings is 1. The van der Waals surface area contributed by atoms with Crippen molar-refractivity contribution in [2.24, 2.45) is 5.92 Å². The van der Waals surface area contributed by atoms with E-state index >= 15 is 0 Å². The standard InChI is InChI=1S/C17H22N2O3/c20-12-13-4-3-9-18(10-13)17(22)11-19-15-6-2-1-5-14(15)7-8-16(19)21/h1-2,5-6,13,20H,3-4,7-12H2. The van der Waals surface area contributed by atoms with E-state index < -0.39 is 0 Å². The molecule has 22 heavy (non-hydrogen) atoms. The largest absolute Gasteiger partial charge is 0.396 e. The molecule has 2 heterocycles. The number of piperidine rings is 1. The van der Waals surface area contributed by atoms with Crippen molar-refractivity contribution in [3.8, 4) is 0 Å². The number of para-hydroxylation sites is 1. The predicted molar refractivity (Wildman–Crippen MR) is 83.5 cm³/mol. The van der Waals surface area contributed by atoms with Crippen LogP contribution in [-0.4, -0.2) is 48.1 Å². The molecule has 1 N–H and O–H groups in total. The zero-order valence-corrected chi connectivity index (χ0v) is 12.7. The van der Waals surface area contributed by atoms with E-state index in [1.165, 1.54) is 0 Å². The van der Waals surface area contributed by atoms with Crippen LogP contribution in [0.15, 0.2) is 24.3 Å². The third-order valence-corrected chi connectivity index (χ3v) is 4.61. The van der Waals surface area contributed by atoms with Crippen molar-refractivity contribution in [1.82, 2.24) is 4.90 Å². The van der Waals surface area contributed by atoms with Gasteiger partial charge in [0.1, 0.15) is 6.54 Å². The zero-order chi connectivity index (χ0) is 15.5. The molecule has 0 radical (unpaired) electrons.